The lowest BCUT2D eigenvalue weighted by Gasteiger charge is -1.99. The number of hydrazone groups is 1. The summed E-state index contributed by atoms with van der Waals surface area (Å²) in [6.45, 7) is 0. The second kappa shape index (κ2) is 6.60. The van der Waals surface area contributed by atoms with Crippen LogP contribution in [0.2, 0.25) is 5.02 Å². The number of hydrogen-bond acceptors (Lipinski definition) is 5. The normalized spacial score (nSPS) is 11.0. The van der Waals surface area contributed by atoms with Gasteiger partial charge in [0.15, 0.2) is 0 Å². The maximum Gasteiger partial charge on any atom is 0.203 e. The van der Waals surface area contributed by atoms with Crippen LogP contribution < -0.4 is 5.43 Å². The summed E-state index contributed by atoms with van der Waals surface area (Å²) in [6.07, 6.45) is 1.50. The lowest BCUT2D eigenvalue weighted by Crippen LogP contribution is -1.90. The van der Waals surface area contributed by atoms with Gasteiger partial charge >= 0.3 is 0 Å². The Morgan fingerprint density at radius 3 is 2.82 bits per heavy atom. The van der Waals surface area contributed by atoms with E-state index in [1.807, 2.05) is 35.7 Å². The summed E-state index contributed by atoms with van der Waals surface area (Å²) in [5, 5.41) is 17.0. The van der Waals surface area contributed by atoms with Crippen molar-refractivity contribution < 1.29 is 5.11 Å². The fraction of sp³-hybridized carbons (Fsp3) is 0. The topological polar surface area (TPSA) is 57.5 Å². The molecule has 4 nitrogen and oxygen atoms in total. The number of nitrogens with zero attached hydrogens (tertiary/aromatic N) is 2. The van der Waals surface area contributed by atoms with E-state index in [9.17, 15) is 5.11 Å². The molecule has 0 atom stereocenters. The van der Waals surface area contributed by atoms with E-state index in [4.69, 9.17) is 11.6 Å². The fourth-order valence-corrected chi connectivity index (χ4v) is 2.70. The largest absolute Gasteiger partial charge is 0.507 e. The van der Waals surface area contributed by atoms with Gasteiger partial charge in [0.05, 0.1) is 11.9 Å². The lowest BCUT2D eigenvalue weighted by atomic mass is 10.2. The van der Waals surface area contributed by atoms with Crippen molar-refractivity contribution in [3.63, 3.8) is 0 Å². The molecule has 0 aliphatic heterocycles. The van der Waals surface area contributed by atoms with Crippen molar-refractivity contribution in [2.75, 3.05) is 5.43 Å². The molecule has 3 aromatic rings. The minimum Gasteiger partial charge on any atom is -0.507 e. The van der Waals surface area contributed by atoms with Gasteiger partial charge in [-0.25, -0.2) is 4.98 Å². The first-order chi connectivity index (χ1) is 10.7. The monoisotopic (exact) mass is 329 g/mol. The maximum absolute atomic E-state index is 9.69. The van der Waals surface area contributed by atoms with E-state index in [2.05, 4.69) is 15.5 Å². The summed E-state index contributed by atoms with van der Waals surface area (Å²) in [7, 11) is 0. The van der Waals surface area contributed by atoms with Gasteiger partial charge in [0.25, 0.3) is 0 Å². The van der Waals surface area contributed by atoms with Gasteiger partial charge in [-0.2, -0.15) is 5.10 Å². The van der Waals surface area contributed by atoms with Crippen LogP contribution in [-0.2, 0) is 0 Å². The van der Waals surface area contributed by atoms with Gasteiger partial charge < -0.3 is 5.11 Å². The molecule has 0 saturated carbocycles. The van der Waals surface area contributed by atoms with Crippen LogP contribution in [0.3, 0.4) is 0 Å². The average Bonchev–Trinajstić information content (AvgIpc) is 3.00. The van der Waals surface area contributed by atoms with Crippen molar-refractivity contribution >= 4 is 34.3 Å². The highest BCUT2D eigenvalue weighted by Gasteiger charge is 2.03. The van der Waals surface area contributed by atoms with E-state index < -0.39 is 0 Å². The van der Waals surface area contributed by atoms with Crippen molar-refractivity contribution in [1.82, 2.24) is 4.98 Å². The van der Waals surface area contributed by atoms with Crippen molar-refractivity contribution in [2.24, 2.45) is 5.10 Å². The highest BCUT2D eigenvalue weighted by Crippen LogP contribution is 2.24. The van der Waals surface area contributed by atoms with Crippen LogP contribution >= 0.6 is 22.9 Å². The Labute approximate surface area is 136 Å². The average molecular weight is 330 g/mol. The summed E-state index contributed by atoms with van der Waals surface area (Å²) in [5.41, 5.74) is 5.35. The lowest BCUT2D eigenvalue weighted by molar-refractivity contribution is 0.474. The number of benzene rings is 2. The molecule has 0 amide bonds. The zero-order valence-corrected chi connectivity index (χ0v) is 13.0. The smallest absolute Gasteiger partial charge is 0.203 e. The third kappa shape index (κ3) is 3.44. The van der Waals surface area contributed by atoms with Crippen molar-refractivity contribution in [2.45, 2.75) is 0 Å². The molecule has 0 aliphatic carbocycles. The molecule has 0 bridgehead atoms. The molecule has 22 heavy (non-hydrogen) atoms. The van der Waals surface area contributed by atoms with Crippen LogP contribution in [0.4, 0.5) is 5.13 Å². The molecule has 0 spiro atoms. The first kappa shape index (κ1) is 14.6. The Balaban J connectivity index is 1.71. The highest BCUT2D eigenvalue weighted by atomic mass is 35.5. The van der Waals surface area contributed by atoms with Crippen LogP contribution in [-0.4, -0.2) is 16.3 Å². The number of thiazole rings is 1. The van der Waals surface area contributed by atoms with Crippen LogP contribution in [0.25, 0.3) is 11.3 Å². The molecule has 1 heterocycles. The first-order valence-corrected chi connectivity index (χ1v) is 7.77. The maximum atomic E-state index is 9.69. The Hall–Kier alpha value is -2.37. The Bertz CT molecular complexity index is 802. The predicted octanol–water partition coefficient (Wildman–Crippen LogP) is 4.62. The predicted molar refractivity (Wildman–Crippen MR) is 91.9 cm³/mol. The molecule has 3 rings (SSSR count). The van der Waals surface area contributed by atoms with E-state index in [1.165, 1.54) is 23.6 Å². The molecule has 2 N–H and O–H groups in total. The van der Waals surface area contributed by atoms with Gasteiger partial charge in [-0.3, -0.25) is 5.43 Å². The van der Waals surface area contributed by atoms with E-state index >= 15 is 0 Å². The third-order valence-corrected chi connectivity index (χ3v) is 3.91. The second-order valence-corrected chi connectivity index (χ2v) is 5.77. The van der Waals surface area contributed by atoms with Gasteiger partial charge in [0.1, 0.15) is 5.75 Å². The molecule has 0 radical (unpaired) electrons. The first-order valence-electron chi connectivity index (χ1n) is 6.51. The summed E-state index contributed by atoms with van der Waals surface area (Å²) < 4.78 is 0. The third-order valence-electron chi connectivity index (χ3n) is 2.93. The van der Waals surface area contributed by atoms with Gasteiger partial charge in [-0.1, -0.05) is 41.9 Å². The number of hydrogen-bond donors (Lipinski definition) is 2. The quantitative estimate of drug-likeness (QED) is 0.542. The number of halogens is 1. The molecule has 0 fully saturated rings. The molecule has 1 aromatic heterocycles. The summed E-state index contributed by atoms with van der Waals surface area (Å²) in [5.74, 6) is 0.124. The van der Waals surface area contributed by atoms with Crippen LogP contribution in [0, 0.1) is 0 Å². The number of rotatable bonds is 4. The number of phenols is 1. The molecule has 6 heteroatoms. The van der Waals surface area contributed by atoms with Crippen LogP contribution in [0.15, 0.2) is 59.0 Å². The fourth-order valence-electron chi connectivity index (χ4n) is 1.85. The van der Waals surface area contributed by atoms with E-state index in [0.29, 0.717) is 15.7 Å². The van der Waals surface area contributed by atoms with E-state index in [0.717, 1.165) is 11.3 Å². The highest BCUT2D eigenvalue weighted by molar-refractivity contribution is 7.14. The molecular weight excluding hydrogens is 318 g/mol. The second-order valence-electron chi connectivity index (χ2n) is 4.48. The van der Waals surface area contributed by atoms with Crippen molar-refractivity contribution in [3.05, 3.63) is 64.5 Å². The zero-order chi connectivity index (χ0) is 15.4. The number of anilines is 1. The molecule has 0 unspecified atom stereocenters. The van der Waals surface area contributed by atoms with Crippen LogP contribution in [0.5, 0.6) is 5.75 Å². The van der Waals surface area contributed by atoms with Crippen molar-refractivity contribution in [3.8, 4) is 17.0 Å². The minimum absolute atomic E-state index is 0.124. The van der Waals surface area contributed by atoms with Crippen LogP contribution in [0.1, 0.15) is 5.56 Å². The molecule has 110 valence electrons. The Kier molecular flexibility index (Phi) is 4.37. The van der Waals surface area contributed by atoms with Gasteiger partial charge in [-0.05, 0) is 18.2 Å². The van der Waals surface area contributed by atoms with Gasteiger partial charge in [-0.15, -0.1) is 11.3 Å². The number of aromatic nitrogens is 1. The summed E-state index contributed by atoms with van der Waals surface area (Å²) >= 11 is 7.34. The SMILES string of the molecule is Oc1ccc(Cl)cc1/C=N/Nc1nc(-c2ccccc2)cs1. The Morgan fingerprint density at radius 1 is 1.18 bits per heavy atom. The summed E-state index contributed by atoms with van der Waals surface area (Å²) in [6, 6.07) is 14.7. The minimum atomic E-state index is 0.124. The number of aromatic hydroxyl groups is 1. The standard InChI is InChI=1S/C16H12ClN3OS/c17-13-6-7-15(21)12(8-13)9-18-20-16-19-14(10-22-16)11-4-2-1-3-5-11/h1-10,21H,(H,19,20)/b18-9+. The molecule has 0 saturated heterocycles. The zero-order valence-electron chi connectivity index (χ0n) is 11.4. The van der Waals surface area contributed by atoms with Gasteiger partial charge in [0.2, 0.25) is 5.13 Å². The molecule has 2 aromatic carbocycles. The van der Waals surface area contributed by atoms with E-state index in [-0.39, 0.29) is 5.75 Å². The number of phenolic OH excluding ortho intramolecular Hbond substituents is 1. The van der Waals surface area contributed by atoms with Crippen molar-refractivity contribution in [1.29, 1.82) is 0 Å². The molecular formula is C16H12ClN3OS. The van der Waals surface area contributed by atoms with E-state index in [1.54, 1.807) is 12.1 Å². The number of nitrogens with one attached hydrogen (secondary N) is 1. The van der Waals surface area contributed by atoms with Gasteiger partial charge in [0, 0.05) is 21.5 Å². The molecule has 0 aliphatic rings. The Morgan fingerprint density at radius 2 is 2.00 bits per heavy atom. The summed E-state index contributed by atoms with van der Waals surface area (Å²) in [4.78, 5) is 4.46.